The van der Waals surface area contributed by atoms with E-state index in [2.05, 4.69) is 52.7 Å². The van der Waals surface area contributed by atoms with E-state index in [0.717, 1.165) is 42.5 Å². The molecule has 3 aromatic rings. The van der Waals surface area contributed by atoms with E-state index in [4.69, 9.17) is 23.2 Å². The number of rotatable bonds is 4. The Morgan fingerprint density at radius 1 is 0.848 bits per heavy atom. The summed E-state index contributed by atoms with van der Waals surface area (Å²) in [7, 11) is 0. The molecule has 2 aliphatic heterocycles. The van der Waals surface area contributed by atoms with Gasteiger partial charge < -0.3 is 10.2 Å². The third-order valence-corrected chi connectivity index (χ3v) is 7.21. The predicted molar refractivity (Wildman–Crippen MR) is 134 cm³/mol. The van der Waals surface area contributed by atoms with Gasteiger partial charge in [0.15, 0.2) is 0 Å². The fourth-order valence-corrected chi connectivity index (χ4v) is 5.23. The molecule has 2 amide bonds. The molecular formula is C27H27Cl2N3O. The summed E-state index contributed by atoms with van der Waals surface area (Å²) in [6.45, 7) is 3.14. The number of fused-ring (bicyclic) bond motifs is 1. The third-order valence-electron chi connectivity index (χ3n) is 6.70. The number of amides is 2. The molecule has 1 fully saturated rings. The highest BCUT2D eigenvalue weighted by molar-refractivity contribution is 6.30. The first-order chi connectivity index (χ1) is 16.1. The molecule has 0 saturated carbocycles. The Kier molecular flexibility index (Phi) is 6.59. The van der Waals surface area contributed by atoms with Crippen molar-refractivity contribution in [2.45, 2.75) is 31.5 Å². The normalized spacial score (nSPS) is 18.4. The van der Waals surface area contributed by atoms with Gasteiger partial charge in [0.25, 0.3) is 0 Å². The van der Waals surface area contributed by atoms with Gasteiger partial charge in [-0.15, -0.1) is 0 Å². The molecule has 0 spiro atoms. The largest absolute Gasteiger partial charge is 0.334 e. The van der Waals surface area contributed by atoms with Gasteiger partial charge in [-0.1, -0.05) is 71.7 Å². The molecule has 4 nitrogen and oxygen atoms in total. The summed E-state index contributed by atoms with van der Waals surface area (Å²) >= 11 is 12.3. The number of urea groups is 1. The van der Waals surface area contributed by atoms with Crippen LogP contribution in [0.4, 0.5) is 4.79 Å². The number of halogens is 2. The van der Waals surface area contributed by atoms with Crippen LogP contribution in [0, 0.1) is 0 Å². The monoisotopic (exact) mass is 479 g/mol. The molecule has 0 radical (unpaired) electrons. The second kappa shape index (κ2) is 9.76. The molecule has 0 aromatic heterocycles. The molecule has 1 N–H and O–H groups in total. The lowest BCUT2D eigenvalue weighted by Gasteiger charge is -2.31. The number of carbonyl (C=O) groups excluding carboxylic acids is 1. The van der Waals surface area contributed by atoms with Crippen LogP contribution >= 0.6 is 23.2 Å². The summed E-state index contributed by atoms with van der Waals surface area (Å²) in [6.07, 6.45) is 1.84. The molecular weight excluding hydrogens is 453 g/mol. The van der Waals surface area contributed by atoms with Crippen LogP contribution < -0.4 is 5.32 Å². The van der Waals surface area contributed by atoms with Crippen molar-refractivity contribution in [1.29, 1.82) is 0 Å². The van der Waals surface area contributed by atoms with E-state index in [1.54, 1.807) is 0 Å². The summed E-state index contributed by atoms with van der Waals surface area (Å²) < 4.78 is 0. The number of benzene rings is 3. The van der Waals surface area contributed by atoms with Crippen LogP contribution in [0.15, 0.2) is 72.8 Å². The van der Waals surface area contributed by atoms with Gasteiger partial charge >= 0.3 is 6.03 Å². The molecule has 170 valence electrons. The Hall–Kier alpha value is -2.53. The number of nitrogens with zero attached hydrogens (tertiary/aromatic N) is 2. The fourth-order valence-electron chi connectivity index (χ4n) is 4.98. The summed E-state index contributed by atoms with van der Waals surface area (Å²) in [4.78, 5) is 17.4. The number of carbonyl (C=O) groups is 1. The van der Waals surface area contributed by atoms with E-state index >= 15 is 0 Å². The maximum absolute atomic E-state index is 13.0. The number of nitrogens with one attached hydrogen (secondary N) is 1. The summed E-state index contributed by atoms with van der Waals surface area (Å²) in [5.41, 5.74) is 4.96. The zero-order chi connectivity index (χ0) is 22.8. The maximum atomic E-state index is 13.0. The lowest BCUT2D eigenvalue weighted by Crippen LogP contribution is -2.47. The van der Waals surface area contributed by atoms with Crippen molar-refractivity contribution >= 4 is 29.2 Å². The molecule has 5 rings (SSSR count). The predicted octanol–water partition coefficient (Wildman–Crippen LogP) is 5.93. The topological polar surface area (TPSA) is 35.6 Å². The minimum Gasteiger partial charge on any atom is -0.334 e. The van der Waals surface area contributed by atoms with E-state index in [-0.39, 0.29) is 18.1 Å². The zero-order valence-electron chi connectivity index (χ0n) is 18.4. The minimum absolute atomic E-state index is 0.0332. The minimum atomic E-state index is 0.0332. The first-order valence-electron chi connectivity index (χ1n) is 11.4. The highest BCUT2D eigenvalue weighted by Crippen LogP contribution is 2.33. The number of likely N-dealkylation sites (tertiary alicyclic amines) is 1. The molecule has 1 saturated heterocycles. The first-order valence-corrected chi connectivity index (χ1v) is 12.2. The van der Waals surface area contributed by atoms with Crippen molar-refractivity contribution in [3.05, 3.63) is 105 Å². The van der Waals surface area contributed by atoms with E-state index in [9.17, 15) is 4.79 Å². The van der Waals surface area contributed by atoms with Crippen LogP contribution in [0.25, 0.3) is 0 Å². The van der Waals surface area contributed by atoms with Gasteiger partial charge in [-0.05, 0) is 59.4 Å². The average molecular weight is 480 g/mol. The Morgan fingerprint density at radius 2 is 1.45 bits per heavy atom. The van der Waals surface area contributed by atoms with Crippen molar-refractivity contribution < 1.29 is 4.79 Å². The van der Waals surface area contributed by atoms with Gasteiger partial charge in [0, 0.05) is 42.3 Å². The molecule has 2 heterocycles. The second-order valence-corrected chi connectivity index (χ2v) is 9.75. The Balaban J connectivity index is 1.28. The van der Waals surface area contributed by atoms with Gasteiger partial charge in [-0.25, -0.2) is 4.79 Å². The maximum Gasteiger partial charge on any atom is 0.317 e. The average Bonchev–Trinajstić information content (AvgIpc) is 3.29. The quantitative estimate of drug-likeness (QED) is 0.503. The summed E-state index contributed by atoms with van der Waals surface area (Å²) in [5, 5.41) is 4.74. The summed E-state index contributed by atoms with van der Waals surface area (Å²) in [5.74, 6) is 0. The van der Waals surface area contributed by atoms with Gasteiger partial charge in [0.1, 0.15) is 0 Å². The smallest absolute Gasteiger partial charge is 0.317 e. The van der Waals surface area contributed by atoms with Crippen molar-refractivity contribution in [3.8, 4) is 0 Å². The Morgan fingerprint density at radius 3 is 2.09 bits per heavy atom. The second-order valence-electron chi connectivity index (χ2n) is 8.88. The number of hydrogen-bond donors (Lipinski definition) is 1. The molecule has 0 unspecified atom stereocenters. The van der Waals surface area contributed by atoms with Crippen molar-refractivity contribution in [1.82, 2.24) is 15.1 Å². The van der Waals surface area contributed by atoms with Gasteiger partial charge in [-0.3, -0.25) is 4.90 Å². The molecule has 33 heavy (non-hydrogen) atoms. The zero-order valence-corrected chi connectivity index (χ0v) is 19.9. The first kappa shape index (κ1) is 22.3. The molecule has 2 aliphatic rings. The fraction of sp³-hybridized carbons (Fsp3) is 0.296. The lowest BCUT2D eigenvalue weighted by atomic mass is 9.97. The van der Waals surface area contributed by atoms with Gasteiger partial charge in [-0.2, -0.15) is 0 Å². The van der Waals surface area contributed by atoms with Crippen LogP contribution in [0.3, 0.4) is 0 Å². The molecule has 6 heteroatoms. The molecule has 1 atom stereocenters. The van der Waals surface area contributed by atoms with E-state index < -0.39 is 0 Å². The SMILES string of the molecule is O=C(N[C@@H]1CCN(C(c2ccc(Cl)cc2)c2ccc(Cl)cc2)C1)N1CCc2ccccc2C1. The number of hydrogen-bond acceptors (Lipinski definition) is 2. The van der Waals surface area contributed by atoms with Crippen molar-refractivity contribution in [2.75, 3.05) is 19.6 Å². The van der Waals surface area contributed by atoms with E-state index in [1.807, 2.05) is 35.2 Å². The van der Waals surface area contributed by atoms with Crippen LogP contribution in [-0.2, 0) is 13.0 Å². The van der Waals surface area contributed by atoms with Crippen LogP contribution in [-0.4, -0.2) is 41.5 Å². The Bertz CT molecular complexity index is 1070. The summed E-state index contributed by atoms with van der Waals surface area (Å²) in [6, 6.07) is 24.7. The standard InChI is InChI=1S/C27H27Cl2N3O/c28-23-9-5-20(6-10-23)26(21-7-11-24(29)12-8-21)31-16-14-25(18-31)30-27(33)32-15-13-19-3-1-2-4-22(19)17-32/h1-12,25-26H,13-18H2,(H,30,33)/t25-/m1/s1. The molecule has 3 aromatic carbocycles. The molecule has 0 bridgehead atoms. The van der Waals surface area contributed by atoms with Crippen molar-refractivity contribution in [2.24, 2.45) is 0 Å². The van der Waals surface area contributed by atoms with Crippen LogP contribution in [0.2, 0.25) is 10.0 Å². The van der Waals surface area contributed by atoms with E-state index in [1.165, 1.54) is 22.3 Å². The van der Waals surface area contributed by atoms with Gasteiger partial charge in [0.2, 0.25) is 0 Å². The van der Waals surface area contributed by atoms with Crippen LogP contribution in [0.1, 0.15) is 34.7 Å². The van der Waals surface area contributed by atoms with E-state index in [0.29, 0.717) is 6.54 Å². The molecule has 0 aliphatic carbocycles. The lowest BCUT2D eigenvalue weighted by molar-refractivity contribution is 0.187. The highest BCUT2D eigenvalue weighted by Gasteiger charge is 2.32. The van der Waals surface area contributed by atoms with Crippen LogP contribution in [0.5, 0.6) is 0 Å². The van der Waals surface area contributed by atoms with Crippen molar-refractivity contribution in [3.63, 3.8) is 0 Å². The van der Waals surface area contributed by atoms with Gasteiger partial charge in [0.05, 0.1) is 6.04 Å². The third kappa shape index (κ3) is 5.03. The highest BCUT2D eigenvalue weighted by atomic mass is 35.5. The Labute approximate surface area is 205 Å².